The number of rotatable bonds is 8. The Morgan fingerprint density at radius 3 is 2.52 bits per heavy atom. The first-order chi connectivity index (χ1) is 14.0. The molecule has 0 N–H and O–H groups in total. The van der Waals surface area contributed by atoms with Crippen molar-refractivity contribution in [3.63, 3.8) is 0 Å². The van der Waals surface area contributed by atoms with E-state index in [1.54, 1.807) is 25.1 Å². The molecule has 2 aromatic carbocycles. The highest BCUT2D eigenvalue weighted by molar-refractivity contribution is 5.88. The fourth-order valence-electron chi connectivity index (χ4n) is 4.61. The monoisotopic (exact) mass is 404 g/mol. The molecule has 0 unspecified atom stereocenters. The zero-order valence-corrected chi connectivity index (χ0v) is 17.4. The van der Waals surface area contributed by atoms with E-state index in [1.807, 2.05) is 12.1 Å². The molecule has 0 atom stereocenters. The summed E-state index contributed by atoms with van der Waals surface area (Å²) < 4.78 is 45.2. The Hall–Kier alpha value is -1.97. The van der Waals surface area contributed by atoms with Crippen LogP contribution in [0, 0.1) is 11.7 Å². The first-order valence-corrected chi connectivity index (χ1v) is 10.9. The van der Waals surface area contributed by atoms with Crippen LogP contribution in [0.1, 0.15) is 82.3 Å². The minimum Gasteiger partial charge on any atom is -0.434 e. The molecule has 3 rings (SSSR count). The largest absolute Gasteiger partial charge is 0.434 e. The molecule has 1 aliphatic carbocycles. The third-order valence-electron chi connectivity index (χ3n) is 6.18. The topological polar surface area (TPSA) is 9.23 Å². The van der Waals surface area contributed by atoms with Gasteiger partial charge in [0.1, 0.15) is 11.6 Å². The highest BCUT2D eigenvalue weighted by atomic mass is 19.3. The number of halogens is 3. The number of benzene rings is 2. The van der Waals surface area contributed by atoms with Crippen LogP contribution in [0.3, 0.4) is 0 Å². The lowest BCUT2D eigenvalue weighted by Crippen LogP contribution is -2.13. The number of unbranched alkanes of at least 4 members (excludes halogenated alkanes) is 2. The van der Waals surface area contributed by atoms with Crippen molar-refractivity contribution < 1.29 is 17.9 Å². The predicted octanol–water partition coefficient (Wildman–Crippen LogP) is 8.47. The van der Waals surface area contributed by atoms with Crippen LogP contribution >= 0.6 is 0 Å². The summed E-state index contributed by atoms with van der Waals surface area (Å²) in [5, 5.41) is 1.06. The van der Waals surface area contributed by atoms with E-state index in [2.05, 4.69) is 11.7 Å². The van der Waals surface area contributed by atoms with E-state index in [0.717, 1.165) is 18.8 Å². The maximum atomic E-state index is 15.0. The Bertz CT molecular complexity index is 836. The van der Waals surface area contributed by atoms with Crippen LogP contribution in [-0.4, -0.2) is 6.61 Å². The third kappa shape index (κ3) is 5.34. The van der Waals surface area contributed by atoms with Gasteiger partial charge in [-0.05, 0) is 61.5 Å². The summed E-state index contributed by atoms with van der Waals surface area (Å²) >= 11 is 0. The molecule has 4 heteroatoms. The van der Waals surface area contributed by atoms with Gasteiger partial charge in [0.05, 0.1) is 5.56 Å². The Balaban J connectivity index is 1.82. The van der Waals surface area contributed by atoms with Crippen LogP contribution < -0.4 is 4.74 Å². The maximum absolute atomic E-state index is 15.0. The molecule has 0 bridgehead atoms. The Morgan fingerprint density at radius 1 is 1.10 bits per heavy atom. The highest BCUT2D eigenvalue weighted by Gasteiger charge is 2.23. The maximum Gasteiger partial charge on any atom is 0.387 e. The number of allylic oxidation sites excluding steroid dienone is 1. The van der Waals surface area contributed by atoms with Crippen molar-refractivity contribution in [3.05, 3.63) is 47.3 Å². The first kappa shape index (κ1) is 21.7. The molecule has 29 heavy (non-hydrogen) atoms. The molecule has 158 valence electrons. The van der Waals surface area contributed by atoms with Crippen molar-refractivity contribution in [1.29, 1.82) is 0 Å². The molecule has 1 aliphatic rings. The van der Waals surface area contributed by atoms with E-state index >= 15 is 0 Å². The molecule has 1 fully saturated rings. The molecule has 1 saturated carbocycles. The second-order valence-corrected chi connectivity index (χ2v) is 8.17. The van der Waals surface area contributed by atoms with Gasteiger partial charge < -0.3 is 4.74 Å². The molecule has 0 heterocycles. The van der Waals surface area contributed by atoms with E-state index in [0.29, 0.717) is 16.7 Å². The number of hydrogen-bond acceptors (Lipinski definition) is 1. The Labute approximate surface area is 172 Å². The van der Waals surface area contributed by atoms with Gasteiger partial charge in [-0.15, -0.1) is 0 Å². The number of ether oxygens (including phenoxy) is 1. The van der Waals surface area contributed by atoms with Crippen molar-refractivity contribution in [2.75, 3.05) is 0 Å². The van der Waals surface area contributed by atoms with Gasteiger partial charge in [-0.1, -0.05) is 63.0 Å². The van der Waals surface area contributed by atoms with Gasteiger partial charge in [0, 0.05) is 5.39 Å². The van der Waals surface area contributed by atoms with Crippen molar-refractivity contribution in [2.45, 2.75) is 77.7 Å². The Morgan fingerprint density at radius 2 is 1.86 bits per heavy atom. The summed E-state index contributed by atoms with van der Waals surface area (Å²) in [6, 6.07) is 7.28. The molecular weight excluding hydrogens is 373 g/mol. The summed E-state index contributed by atoms with van der Waals surface area (Å²) in [6.45, 7) is 0.970. The smallest absolute Gasteiger partial charge is 0.387 e. The number of alkyl halides is 2. The zero-order valence-electron chi connectivity index (χ0n) is 17.4. The lowest BCUT2D eigenvalue weighted by atomic mass is 9.76. The summed E-state index contributed by atoms with van der Waals surface area (Å²) in [5.41, 5.74) is 1.24. The normalized spacial score (nSPS) is 20.1. The van der Waals surface area contributed by atoms with E-state index in [4.69, 9.17) is 0 Å². The molecule has 0 amide bonds. The molecule has 0 saturated heterocycles. The van der Waals surface area contributed by atoms with Crippen molar-refractivity contribution in [2.24, 2.45) is 5.92 Å². The van der Waals surface area contributed by atoms with Crippen LogP contribution in [0.25, 0.3) is 16.8 Å². The highest BCUT2D eigenvalue weighted by Crippen LogP contribution is 2.40. The van der Waals surface area contributed by atoms with Gasteiger partial charge in [0.25, 0.3) is 0 Å². The number of fused-ring (bicyclic) bond motifs is 1. The SMILES string of the molecule is C/C=C/c1c(OC(F)F)cc2cc(C3CCC(CCCCC)CC3)ccc2c1F. The Kier molecular flexibility index (Phi) is 7.63. The van der Waals surface area contributed by atoms with Crippen LogP contribution in [0.2, 0.25) is 0 Å². The molecule has 0 aromatic heterocycles. The summed E-state index contributed by atoms with van der Waals surface area (Å²) in [4.78, 5) is 0. The van der Waals surface area contributed by atoms with Crippen molar-refractivity contribution >= 4 is 16.8 Å². The quantitative estimate of drug-likeness (QED) is 0.401. The third-order valence-corrected chi connectivity index (χ3v) is 6.18. The van der Waals surface area contributed by atoms with E-state index in [1.165, 1.54) is 50.2 Å². The lowest BCUT2D eigenvalue weighted by Gasteiger charge is -2.29. The van der Waals surface area contributed by atoms with Crippen LogP contribution in [-0.2, 0) is 0 Å². The van der Waals surface area contributed by atoms with Gasteiger partial charge in [0.15, 0.2) is 0 Å². The molecule has 1 nitrogen and oxygen atoms in total. The second kappa shape index (κ2) is 10.2. The molecule has 0 aliphatic heterocycles. The predicted molar refractivity (Wildman–Crippen MR) is 114 cm³/mol. The van der Waals surface area contributed by atoms with Gasteiger partial charge >= 0.3 is 6.61 Å². The fourth-order valence-corrected chi connectivity index (χ4v) is 4.61. The van der Waals surface area contributed by atoms with Crippen molar-refractivity contribution in [1.82, 2.24) is 0 Å². The average Bonchev–Trinajstić information content (AvgIpc) is 2.71. The van der Waals surface area contributed by atoms with Crippen molar-refractivity contribution in [3.8, 4) is 5.75 Å². The minimum absolute atomic E-state index is 0.0700. The van der Waals surface area contributed by atoms with Crippen LogP contribution in [0.15, 0.2) is 30.3 Å². The standard InChI is InChI=1S/C25H31F3O/c1-3-5-6-8-17-9-11-18(12-10-17)19-13-14-21-20(15-19)16-23(29-25(27)28)22(7-4-2)24(21)26/h4,7,13-18,25H,3,5-6,8-12H2,1-2H3/b7-4+. The van der Waals surface area contributed by atoms with E-state index in [9.17, 15) is 13.2 Å². The van der Waals surface area contributed by atoms with Crippen LogP contribution in [0.5, 0.6) is 5.75 Å². The van der Waals surface area contributed by atoms with E-state index in [-0.39, 0.29) is 11.3 Å². The van der Waals surface area contributed by atoms with Gasteiger partial charge in [0.2, 0.25) is 0 Å². The summed E-state index contributed by atoms with van der Waals surface area (Å²) in [6.07, 6.45) is 13.1. The van der Waals surface area contributed by atoms with Gasteiger partial charge in [-0.25, -0.2) is 4.39 Å². The molecule has 0 radical (unpaired) electrons. The summed E-state index contributed by atoms with van der Waals surface area (Å²) in [7, 11) is 0. The fraction of sp³-hybridized carbons (Fsp3) is 0.520. The first-order valence-electron chi connectivity index (χ1n) is 10.9. The zero-order chi connectivity index (χ0) is 20.8. The number of hydrogen-bond donors (Lipinski definition) is 0. The van der Waals surface area contributed by atoms with Crippen LogP contribution in [0.4, 0.5) is 13.2 Å². The molecule has 2 aromatic rings. The van der Waals surface area contributed by atoms with Gasteiger partial charge in [-0.2, -0.15) is 8.78 Å². The minimum atomic E-state index is -2.98. The lowest BCUT2D eigenvalue weighted by molar-refractivity contribution is -0.0500. The summed E-state index contributed by atoms with van der Waals surface area (Å²) in [5.74, 6) is 0.659. The van der Waals surface area contributed by atoms with E-state index < -0.39 is 12.4 Å². The second-order valence-electron chi connectivity index (χ2n) is 8.17. The molecule has 0 spiro atoms. The van der Waals surface area contributed by atoms with Gasteiger partial charge in [-0.3, -0.25) is 0 Å². The average molecular weight is 405 g/mol. The molecular formula is C25H31F3O.